The fourth-order valence-electron chi connectivity index (χ4n) is 2.32. The lowest BCUT2D eigenvalue weighted by atomic mass is 10.3. The number of alkyl halides is 3. The highest BCUT2D eigenvalue weighted by Gasteiger charge is 2.33. The maximum Gasteiger partial charge on any atom is 0.434 e. The largest absolute Gasteiger partial charge is 0.434 e. The lowest BCUT2D eigenvalue weighted by molar-refractivity contribution is -0.140. The van der Waals surface area contributed by atoms with E-state index >= 15 is 0 Å². The summed E-state index contributed by atoms with van der Waals surface area (Å²) in [6, 6.07) is 0. The van der Waals surface area contributed by atoms with Crippen molar-refractivity contribution in [1.29, 1.82) is 0 Å². The summed E-state index contributed by atoms with van der Waals surface area (Å²) in [5.74, 6) is 0.670. The number of nitrogens with zero attached hydrogens (tertiary/aromatic N) is 4. The van der Waals surface area contributed by atoms with Crippen LogP contribution < -0.4 is 5.32 Å². The third kappa shape index (κ3) is 6.28. The van der Waals surface area contributed by atoms with Crippen LogP contribution in [0.4, 0.5) is 13.2 Å². The minimum absolute atomic E-state index is 0. The molecule has 25 heavy (non-hydrogen) atoms. The lowest BCUT2D eigenvalue weighted by Crippen LogP contribution is -2.53. The van der Waals surface area contributed by atoms with E-state index in [2.05, 4.69) is 15.3 Å². The van der Waals surface area contributed by atoms with Gasteiger partial charge in [-0.2, -0.15) is 13.2 Å². The quantitative estimate of drug-likeness (QED) is 0.401. The van der Waals surface area contributed by atoms with Crippen LogP contribution >= 0.6 is 35.3 Å². The minimum atomic E-state index is -4.42. The summed E-state index contributed by atoms with van der Waals surface area (Å²) < 4.78 is 37.7. The number of carbonyl (C=O) groups is 1. The number of piperazine rings is 1. The predicted octanol–water partition coefficient (Wildman–Crippen LogP) is 2.41. The summed E-state index contributed by atoms with van der Waals surface area (Å²) in [5, 5.41) is 4.45. The van der Waals surface area contributed by atoms with Crippen LogP contribution in [0.5, 0.6) is 0 Å². The van der Waals surface area contributed by atoms with E-state index in [1.54, 1.807) is 4.90 Å². The number of nitrogens with one attached hydrogen (secondary N) is 1. The van der Waals surface area contributed by atoms with E-state index in [1.807, 2.05) is 11.8 Å². The smallest absolute Gasteiger partial charge is 0.357 e. The number of rotatable bonds is 3. The van der Waals surface area contributed by atoms with E-state index in [-0.39, 0.29) is 36.4 Å². The number of hydrogen-bond acceptors (Lipinski definition) is 4. The molecular weight excluding hydrogens is 470 g/mol. The second kappa shape index (κ2) is 9.55. The number of aliphatic imine (C=N–C) groups is 1. The second-order valence-electron chi connectivity index (χ2n) is 5.29. The van der Waals surface area contributed by atoms with Crippen LogP contribution in [0.2, 0.25) is 0 Å². The highest BCUT2D eigenvalue weighted by molar-refractivity contribution is 14.0. The summed E-state index contributed by atoms with van der Waals surface area (Å²) >= 11 is 0.950. The standard InChI is InChI=1S/C14H20F3N5OS.HI/c1-3-18-13(22-6-4-21(5-7-22)10(2)23)19-8-12-20-11(9-24-12)14(15,16)17;/h9H,3-8H2,1-2H3,(H,18,19);1H. The topological polar surface area (TPSA) is 60.8 Å². The molecule has 0 bridgehead atoms. The maximum atomic E-state index is 12.6. The number of aromatic nitrogens is 1. The van der Waals surface area contributed by atoms with Gasteiger partial charge in [0.05, 0.1) is 6.54 Å². The number of carbonyl (C=O) groups excluding carboxylic acids is 1. The number of hydrogen-bond donors (Lipinski definition) is 1. The van der Waals surface area contributed by atoms with Crippen LogP contribution in [-0.2, 0) is 17.5 Å². The molecule has 1 fully saturated rings. The molecule has 1 amide bonds. The van der Waals surface area contributed by atoms with Gasteiger partial charge in [0.25, 0.3) is 0 Å². The summed E-state index contributed by atoms with van der Waals surface area (Å²) in [6.45, 7) is 6.69. The van der Waals surface area contributed by atoms with E-state index in [9.17, 15) is 18.0 Å². The molecule has 2 heterocycles. The van der Waals surface area contributed by atoms with Crippen molar-refractivity contribution < 1.29 is 18.0 Å². The Bertz CT molecular complexity index is 600. The Morgan fingerprint density at radius 1 is 1.32 bits per heavy atom. The first-order valence-corrected chi connectivity index (χ1v) is 8.49. The first-order chi connectivity index (χ1) is 11.3. The van der Waals surface area contributed by atoms with Crippen molar-refractivity contribution >= 4 is 47.2 Å². The number of amides is 1. The van der Waals surface area contributed by atoms with Crippen molar-refractivity contribution in [3.63, 3.8) is 0 Å². The molecular formula is C14H21F3IN5OS. The Morgan fingerprint density at radius 2 is 1.92 bits per heavy atom. The van der Waals surface area contributed by atoms with E-state index < -0.39 is 11.9 Å². The fourth-order valence-corrected chi connectivity index (χ4v) is 3.04. The van der Waals surface area contributed by atoms with Gasteiger partial charge >= 0.3 is 6.18 Å². The summed E-state index contributed by atoms with van der Waals surface area (Å²) in [5.41, 5.74) is -0.877. The molecule has 0 saturated carbocycles. The molecule has 11 heteroatoms. The van der Waals surface area contributed by atoms with Gasteiger partial charge in [-0.05, 0) is 6.92 Å². The number of halogens is 4. The number of guanidine groups is 1. The van der Waals surface area contributed by atoms with Crippen molar-refractivity contribution in [1.82, 2.24) is 20.1 Å². The highest BCUT2D eigenvalue weighted by Crippen LogP contribution is 2.30. The summed E-state index contributed by atoms with van der Waals surface area (Å²) in [6.07, 6.45) is -4.42. The second-order valence-corrected chi connectivity index (χ2v) is 6.23. The average molecular weight is 491 g/mol. The molecule has 1 aromatic heterocycles. The van der Waals surface area contributed by atoms with E-state index in [0.29, 0.717) is 43.7 Å². The molecule has 0 unspecified atom stereocenters. The first kappa shape index (κ1) is 21.9. The van der Waals surface area contributed by atoms with Crippen molar-refractivity contribution in [3.8, 4) is 0 Å². The third-order valence-electron chi connectivity index (χ3n) is 3.57. The third-order valence-corrected chi connectivity index (χ3v) is 4.40. The molecule has 2 rings (SSSR count). The van der Waals surface area contributed by atoms with E-state index in [4.69, 9.17) is 0 Å². The van der Waals surface area contributed by atoms with Gasteiger partial charge in [0.1, 0.15) is 5.01 Å². The van der Waals surface area contributed by atoms with Crippen LogP contribution in [0.25, 0.3) is 0 Å². The predicted molar refractivity (Wildman–Crippen MR) is 101 cm³/mol. The van der Waals surface area contributed by atoms with Crippen LogP contribution in [0, 0.1) is 0 Å². The van der Waals surface area contributed by atoms with Crippen LogP contribution in [-0.4, -0.2) is 59.4 Å². The van der Waals surface area contributed by atoms with Crippen molar-refractivity contribution in [2.24, 2.45) is 4.99 Å². The number of thiazole rings is 1. The fraction of sp³-hybridized carbons (Fsp3) is 0.643. The Labute approximate surface area is 165 Å². The molecule has 6 nitrogen and oxygen atoms in total. The maximum absolute atomic E-state index is 12.6. The van der Waals surface area contributed by atoms with E-state index in [1.165, 1.54) is 6.92 Å². The normalized spacial score (nSPS) is 15.8. The van der Waals surface area contributed by atoms with Gasteiger partial charge in [-0.3, -0.25) is 4.79 Å². The molecule has 1 aliphatic heterocycles. The molecule has 0 spiro atoms. The van der Waals surface area contributed by atoms with E-state index in [0.717, 1.165) is 16.7 Å². The molecule has 1 N–H and O–H groups in total. The SMILES string of the molecule is CCNC(=NCc1nc(C(F)(F)F)cs1)N1CCN(C(C)=O)CC1.I. The van der Waals surface area contributed by atoms with Gasteiger partial charge in [0.15, 0.2) is 11.7 Å². The molecule has 1 aliphatic rings. The molecule has 0 atom stereocenters. The lowest BCUT2D eigenvalue weighted by Gasteiger charge is -2.36. The minimum Gasteiger partial charge on any atom is -0.357 e. The average Bonchev–Trinajstić information content (AvgIpc) is 3.01. The van der Waals surface area contributed by atoms with Crippen LogP contribution in [0.1, 0.15) is 24.5 Å². The molecule has 0 aliphatic carbocycles. The van der Waals surface area contributed by atoms with Crippen LogP contribution in [0.15, 0.2) is 10.4 Å². The molecule has 1 aromatic rings. The molecule has 142 valence electrons. The first-order valence-electron chi connectivity index (χ1n) is 7.61. The monoisotopic (exact) mass is 491 g/mol. The van der Waals surface area contributed by atoms with Crippen molar-refractivity contribution in [3.05, 3.63) is 16.1 Å². The van der Waals surface area contributed by atoms with Crippen LogP contribution in [0.3, 0.4) is 0 Å². The van der Waals surface area contributed by atoms with Crippen molar-refractivity contribution in [2.75, 3.05) is 32.7 Å². The zero-order chi connectivity index (χ0) is 17.7. The van der Waals surface area contributed by atoms with Gasteiger partial charge in [-0.15, -0.1) is 35.3 Å². The Kier molecular flexibility index (Phi) is 8.38. The Balaban J connectivity index is 0.00000312. The van der Waals surface area contributed by atoms with Crippen molar-refractivity contribution in [2.45, 2.75) is 26.6 Å². The molecule has 1 saturated heterocycles. The zero-order valence-corrected chi connectivity index (χ0v) is 17.1. The highest BCUT2D eigenvalue weighted by atomic mass is 127. The summed E-state index contributed by atoms with van der Waals surface area (Å²) in [7, 11) is 0. The van der Waals surface area contributed by atoms with Gasteiger partial charge in [-0.1, -0.05) is 0 Å². The van der Waals surface area contributed by atoms with Gasteiger partial charge in [0.2, 0.25) is 5.91 Å². The van der Waals surface area contributed by atoms with Gasteiger partial charge < -0.3 is 15.1 Å². The molecule has 0 aromatic carbocycles. The molecule has 0 radical (unpaired) electrons. The summed E-state index contributed by atoms with van der Waals surface area (Å²) in [4.78, 5) is 23.1. The zero-order valence-electron chi connectivity index (χ0n) is 14.0. The Hall–Kier alpha value is -1.11. The van der Waals surface area contributed by atoms with Gasteiger partial charge in [-0.25, -0.2) is 9.98 Å². The van der Waals surface area contributed by atoms with Gasteiger partial charge in [0, 0.05) is 45.0 Å². The Morgan fingerprint density at radius 3 is 2.40 bits per heavy atom.